The van der Waals surface area contributed by atoms with Gasteiger partial charge in [-0.3, -0.25) is 14.4 Å². The van der Waals surface area contributed by atoms with Crippen molar-refractivity contribution >= 4 is 17.8 Å². The van der Waals surface area contributed by atoms with Gasteiger partial charge in [0.1, 0.15) is 17.6 Å². The first-order chi connectivity index (χ1) is 18.5. The molecule has 0 aromatic heterocycles. The Balaban J connectivity index is 2.03. The van der Waals surface area contributed by atoms with E-state index in [1.54, 1.807) is 15.9 Å². The molecule has 3 rings (SSSR count). The molecule has 8 heteroatoms. The Bertz CT molecular complexity index is 921. The summed E-state index contributed by atoms with van der Waals surface area (Å²) < 4.78 is 12.4. The van der Waals surface area contributed by atoms with Crippen LogP contribution in [0.25, 0.3) is 0 Å². The van der Waals surface area contributed by atoms with Crippen molar-refractivity contribution in [2.75, 3.05) is 19.8 Å². The lowest BCUT2D eigenvalue weighted by Crippen LogP contribution is -2.60. The first-order valence-corrected chi connectivity index (χ1v) is 14.8. The Morgan fingerprint density at radius 3 is 2.54 bits per heavy atom. The number of aliphatic hydroxyl groups is 1. The molecule has 0 aromatic rings. The van der Waals surface area contributed by atoms with Crippen LogP contribution in [0.3, 0.4) is 0 Å². The Kier molecular flexibility index (Phi) is 10.4. The van der Waals surface area contributed by atoms with Gasteiger partial charge in [0.15, 0.2) is 0 Å². The standard InChI is InChI=1S/C31H50N2O6/c1-8-11-12-13-18-38-29(37)25-24-27(35)33(23(20-34)19-21(4)5)26(31(24)16-15-30(25,7)39-31)28(36)32(17-10-3)22(6)14-9-2/h8,10,21-26,34H,1,3,9,11-20H2,2,4-7H3/t22?,23-,24+,25+,26?,30-,31?/m1/s1. The average Bonchev–Trinajstić information content (AvgIpc) is 3.46. The molecule has 3 saturated heterocycles. The highest BCUT2D eigenvalue weighted by Gasteiger charge is 2.79. The topological polar surface area (TPSA) is 96.4 Å². The van der Waals surface area contributed by atoms with Gasteiger partial charge in [-0.05, 0) is 64.7 Å². The second-order valence-electron chi connectivity index (χ2n) is 12.3. The predicted octanol–water partition coefficient (Wildman–Crippen LogP) is 4.26. The summed E-state index contributed by atoms with van der Waals surface area (Å²) in [6.45, 7) is 18.0. The Morgan fingerprint density at radius 2 is 1.95 bits per heavy atom. The molecule has 3 aliphatic rings. The van der Waals surface area contributed by atoms with E-state index in [0.717, 1.165) is 25.7 Å². The third-order valence-electron chi connectivity index (χ3n) is 8.94. The molecule has 0 aliphatic carbocycles. The first kappa shape index (κ1) is 31.3. The zero-order valence-corrected chi connectivity index (χ0v) is 24.7. The number of ether oxygens (including phenoxy) is 2. The molecule has 3 heterocycles. The van der Waals surface area contributed by atoms with E-state index >= 15 is 0 Å². The van der Waals surface area contributed by atoms with Crippen molar-refractivity contribution in [3.05, 3.63) is 25.3 Å². The van der Waals surface area contributed by atoms with E-state index in [1.165, 1.54) is 0 Å². The van der Waals surface area contributed by atoms with Crippen LogP contribution in [-0.4, -0.2) is 81.8 Å². The van der Waals surface area contributed by atoms with E-state index in [2.05, 4.69) is 20.1 Å². The van der Waals surface area contributed by atoms with Gasteiger partial charge in [0, 0.05) is 12.6 Å². The third-order valence-corrected chi connectivity index (χ3v) is 8.94. The molecule has 8 nitrogen and oxygen atoms in total. The van der Waals surface area contributed by atoms with Crippen molar-refractivity contribution in [1.29, 1.82) is 0 Å². The van der Waals surface area contributed by atoms with Crippen LogP contribution in [0.15, 0.2) is 25.3 Å². The Morgan fingerprint density at radius 1 is 1.23 bits per heavy atom. The fourth-order valence-electron chi connectivity index (χ4n) is 7.22. The highest BCUT2D eigenvalue weighted by Crippen LogP contribution is 2.64. The lowest BCUT2D eigenvalue weighted by molar-refractivity contribution is -0.162. The number of esters is 1. The molecule has 3 unspecified atom stereocenters. The number of hydrogen-bond donors (Lipinski definition) is 1. The fourth-order valence-corrected chi connectivity index (χ4v) is 7.22. The second kappa shape index (κ2) is 13.0. The van der Waals surface area contributed by atoms with E-state index in [-0.39, 0.29) is 37.0 Å². The molecule has 0 aromatic carbocycles. The maximum absolute atomic E-state index is 14.5. The lowest BCUT2D eigenvalue weighted by Gasteiger charge is -2.41. The number of rotatable bonds is 16. The van der Waals surface area contributed by atoms with E-state index < -0.39 is 41.1 Å². The molecule has 0 saturated carbocycles. The number of carbonyl (C=O) groups excluding carboxylic acids is 3. The summed E-state index contributed by atoms with van der Waals surface area (Å²) in [4.78, 5) is 45.7. The smallest absolute Gasteiger partial charge is 0.312 e. The molecular weight excluding hydrogens is 496 g/mol. The Hall–Kier alpha value is -2.19. The molecule has 1 N–H and O–H groups in total. The Labute approximate surface area is 234 Å². The number of carbonyl (C=O) groups is 3. The number of allylic oxidation sites excluding steroid dienone is 1. The molecule has 3 fully saturated rings. The lowest BCUT2D eigenvalue weighted by atomic mass is 9.66. The second-order valence-corrected chi connectivity index (χ2v) is 12.3. The van der Waals surface area contributed by atoms with E-state index in [9.17, 15) is 19.5 Å². The van der Waals surface area contributed by atoms with Gasteiger partial charge in [-0.2, -0.15) is 0 Å². The maximum atomic E-state index is 14.5. The van der Waals surface area contributed by atoms with Gasteiger partial charge in [0.05, 0.1) is 30.8 Å². The van der Waals surface area contributed by atoms with Gasteiger partial charge in [-0.15, -0.1) is 13.2 Å². The number of aliphatic hydroxyl groups excluding tert-OH is 1. The predicted molar refractivity (Wildman–Crippen MR) is 151 cm³/mol. The van der Waals surface area contributed by atoms with Crippen molar-refractivity contribution in [2.45, 2.75) is 115 Å². The summed E-state index contributed by atoms with van der Waals surface area (Å²) >= 11 is 0. The van der Waals surface area contributed by atoms with Gasteiger partial charge in [0.25, 0.3) is 0 Å². The van der Waals surface area contributed by atoms with Crippen LogP contribution in [0.1, 0.15) is 86.0 Å². The number of fused-ring (bicyclic) bond motifs is 1. The highest BCUT2D eigenvalue weighted by molar-refractivity contribution is 5.98. The molecule has 2 amide bonds. The molecular formula is C31H50N2O6. The molecule has 220 valence electrons. The summed E-state index contributed by atoms with van der Waals surface area (Å²) in [5, 5.41) is 10.5. The van der Waals surface area contributed by atoms with Crippen molar-refractivity contribution < 1.29 is 29.0 Å². The van der Waals surface area contributed by atoms with Crippen LogP contribution in [0.2, 0.25) is 0 Å². The van der Waals surface area contributed by atoms with Gasteiger partial charge in [0.2, 0.25) is 11.8 Å². The van der Waals surface area contributed by atoms with E-state index in [1.807, 2.05) is 33.8 Å². The molecule has 1 spiro atoms. The van der Waals surface area contributed by atoms with Crippen molar-refractivity contribution in [1.82, 2.24) is 9.80 Å². The van der Waals surface area contributed by atoms with Gasteiger partial charge >= 0.3 is 5.97 Å². The van der Waals surface area contributed by atoms with Crippen LogP contribution in [-0.2, 0) is 23.9 Å². The molecule has 39 heavy (non-hydrogen) atoms. The minimum atomic E-state index is -1.13. The molecule has 7 atom stereocenters. The summed E-state index contributed by atoms with van der Waals surface area (Å²) in [5.41, 5.74) is -2.01. The van der Waals surface area contributed by atoms with Crippen molar-refractivity contribution in [3.8, 4) is 0 Å². The zero-order chi connectivity index (χ0) is 29.0. The van der Waals surface area contributed by atoms with Crippen molar-refractivity contribution in [2.24, 2.45) is 17.8 Å². The number of unbranched alkanes of at least 4 members (excludes halogenated alkanes) is 2. The molecule has 0 radical (unpaired) electrons. The quantitative estimate of drug-likeness (QED) is 0.177. The van der Waals surface area contributed by atoms with Crippen LogP contribution in [0.5, 0.6) is 0 Å². The maximum Gasteiger partial charge on any atom is 0.312 e. The van der Waals surface area contributed by atoms with Crippen molar-refractivity contribution in [3.63, 3.8) is 0 Å². The average molecular weight is 547 g/mol. The monoisotopic (exact) mass is 546 g/mol. The van der Waals surface area contributed by atoms with E-state index in [0.29, 0.717) is 32.2 Å². The summed E-state index contributed by atoms with van der Waals surface area (Å²) in [7, 11) is 0. The minimum Gasteiger partial charge on any atom is -0.465 e. The summed E-state index contributed by atoms with van der Waals surface area (Å²) in [6.07, 6.45) is 9.29. The SMILES string of the molecule is C=CCCCCOC(=O)[C@@H]1[C@H]2C(=O)N([C@@H](CO)CC(C)C)C(C(=O)N(CC=C)C(C)CCC)C23CC[C@@]1(C)O3. The van der Waals surface area contributed by atoms with Gasteiger partial charge in [-0.25, -0.2) is 0 Å². The van der Waals surface area contributed by atoms with Crippen LogP contribution < -0.4 is 0 Å². The van der Waals surface area contributed by atoms with Crippen LogP contribution >= 0.6 is 0 Å². The van der Waals surface area contributed by atoms with Gasteiger partial charge < -0.3 is 24.4 Å². The molecule has 3 aliphatic heterocycles. The zero-order valence-electron chi connectivity index (χ0n) is 24.7. The fraction of sp³-hybridized carbons (Fsp3) is 0.774. The first-order valence-electron chi connectivity index (χ1n) is 14.8. The summed E-state index contributed by atoms with van der Waals surface area (Å²) in [5.74, 6) is -2.34. The summed E-state index contributed by atoms with van der Waals surface area (Å²) in [6, 6.07) is -1.53. The highest BCUT2D eigenvalue weighted by atomic mass is 16.6. The van der Waals surface area contributed by atoms with Gasteiger partial charge in [-0.1, -0.05) is 39.3 Å². The number of hydrogen-bond acceptors (Lipinski definition) is 6. The molecule has 2 bridgehead atoms. The largest absolute Gasteiger partial charge is 0.465 e. The number of amides is 2. The normalized spacial score (nSPS) is 30.8. The van der Waals surface area contributed by atoms with Crippen LogP contribution in [0.4, 0.5) is 0 Å². The van der Waals surface area contributed by atoms with E-state index in [4.69, 9.17) is 9.47 Å². The minimum absolute atomic E-state index is 0.0592. The van der Waals surface area contributed by atoms with Crippen LogP contribution in [0, 0.1) is 17.8 Å². The number of likely N-dealkylation sites (tertiary alicyclic amines) is 1. The third kappa shape index (κ3) is 5.83. The number of nitrogens with zero attached hydrogens (tertiary/aromatic N) is 2.